The van der Waals surface area contributed by atoms with Gasteiger partial charge in [0, 0.05) is 22.2 Å². The number of aryl methyl sites for hydroxylation is 2. The van der Waals surface area contributed by atoms with E-state index in [1.165, 1.54) is 0 Å². The van der Waals surface area contributed by atoms with Gasteiger partial charge in [0.25, 0.3) is 0 Å². The van der Waals surface area contributed by atoms with Crippen LogP contribution in [0.3, 0.4) is 0 Å². The quantitative estimate of drug-likeness (QED) is 0.553. The van der Waals surface area contributed by atoms with Crippen LogP contribution in [0, 0.1) is 6.92 Å². The summed E-state index contributed by atoms with van der Waals surface area (Å²) in [6.07, 6.45) is 0.899. The molecule has 1 aromatic carbocycles. The van der Waals surface area contributed by atoms with Gasteiger partial charge in [0.05, 0.1) is 12.3 Å². The molecule has 26 heavy (non-hydrogen) atoms. The topological polar surface area (TPSA) is 119 Å². The number of para-hydroxylation sites is 1. The van der Waals surface area contributed by atoms with Crippen LogP contribution in [0.15, 0.2) is 18.2 Å². The molecule has 0 aliphatic carbocycles. The molecular formula is C18H30N2O5S. The number of nitrogens with two attached hydrogens (primary N) is 1. The molecule has 1 rings (SSSR count). The number of anilines is 1. The zero-order valence-electron chi connectivity index (χ0n) is 15.9. The fourth-order valence-corrected chi connectivity index (χ4v) is 2.52. The molecule has 148 valence electrons. The van der Waals surface area contributed by atoms with Crippen molar-refractivity contribution in [3.8, 4) is 0 Å². The van der Waals surface area contributed by atoms with E-state index < -0.39 is 28.8 Å². The van der Waals surface area contributed by atoms with Gasteiger partial charge in [-0.3, -0.25) is 13.8 Å². The van der Waals surface area contributed by atoms with Crippen LogP contribution in [0.2, 0.25) is 0 Å². The van der Waals surface area contributed by atoms with Crippen molar-refractivity contribution in [2.45, 2.75) is 40.2 Å². The van der Waals surface area contributed by atoms with E-state index in [2.05, 4.69) is 17.0 Å². The monoisotopic (exact) mass is 386 g/mol. The maximum Gasteiger partial charge on any atom is 0.325 e. The average molecular weight is 387 g/mol. The summed E-state index contributed by atoms with van der Waals surface area (Å²) in [6, 6.07) is 5.43. The van der Waals surface area contributed by atoms with E-state index in [0.717, 1.165) is 23.2 Å². The number of hydrogen-bond acceptors (Lipinski definition) is 6. The third-order valence-electron chi connectivity index (χ3n) is 3.53. The fraction of sp³-hybridized carbons (Fsp3) is 0.556. The second-order valence-corrected chi connectivity index (χ2v) is 7.39. The Morgan fingerprint density at radius 3 is 2.50 bits per heavy atom. The average Bonchev–Trinajstić information content (AvgIpc) is 2.63. The summed E-state index contributed by atoms with van der Waals surface area (Å²) in [5.41, 5.74) is 8.17. The van der Waals surface area contributed by atoms with Crippen molar-refractivity contribution in [2.24, 2.45) is 5.73 Å². The highest BCUT2D eigenvalue weighted by Gasteiger charge is 2.13. The molecule has 7 nitrogen and oxygen atoms in total. The normalized spacial score (nSPS) is 12.3. The van der Waals surface area contributed by atoms with Crippen molar-refractivity contribution in [1.82, 2.24) is 0 Å². The standard InChI is InChI=1S/C12H17NO2.C6H13NO3S/c1-4-10-7-5-6-8(2)11(10)13-9(3)12(14)15;1-2-11(9)4-3-10-6(8)5-7/h5-7,9,13H,4H2,1-3H3,(H,14,15);2-5,7H2,1H3/t9-;/m0./s1. The van der Waals surface area contributed by atoms with E-state index in [1.54, 1.807) is 6.92 Å². The smallest absolute Gasteiger partial charge is 0.325 e. The number of ether oxygens (including phenoxy) is 1. The van der Waals surface area contributed by atoms with Crippen molar-refractivity contribution in [2.75, 3.05) is 30.0 Å². The highest BCUT2D eigenvalue weighted by Crippen LogP contribution is 2.21. The van der Waals surface area contributed by atoms with Crippen LogP contribution in [0.5, 0.6) is 0 Å². The van der Waals surface area contributed by atoms with Crippen molar-refractivity contribution < 1.29 is 23.6 Å². The molecular weight excluding hydrogens is 356 g/mol. The number of carbonyl (C=O) groups is 2. The molecule has 0 fully saturated rings. The van der Waals surface area contributed by atoms with Gasteiger partial charge in [-0.25, -0.2) is 0 Å². The highest BCUT2D eigenvalue weighted by molar-refractivity contribution is 7.84. The Bertz CT molecular complexity index is 591. The molecule has 0 bridgehead atoms. The predicted octanol–water partition coefficient (Wildman–Crippen LogP) is 1.70. The summed E-state index contributed by atoms with van der Waals surface area (Å²) in [7, 11) is -0.863. The number of carboxylic acid groups (broad SMARTS) is 1. The lowest BCUT2D eigenvalue weighted by atomic mass is 10.1. The Morgan fingerprint density at radius 1 is 1.35 bits per heavy atom. The number of benzene rings is 1. The van der Waals surface area contributed by atoms with Gasteiger partial charge in [-0.1, -0.05) is 32.0 Å². The molecule has 4 N–H and O–H groups in total. The Labute approximate surface area is 157 Å². The minimum absolute atomic E-state index is 0.112. The largest absolute Gasteiger partial charge is 0.480 e. The first kappa shape index (κ1) is 24.1. The summed E-state index contributed by atoms with van der Waals surface area (Å²) in [5.74, 6) is -0.277. The molecule has 0 aromatic heterocycles. The zero-order valence-corrected chi connectivity index (χ0v) is 16.7. The van der Waals surface area contributed by atoms with Gasteiger partial charge < -0.3 is 20.9 Å². The second kappa shape index (κ2) is 13.3. The molecule has 0 saturated carbocycles. The van der Waals surface area contributed by atoms with Crippen LogP contribution in [0.25, 0.3) is 0 Å². The van der Waals surface area contributed by atoms with Crippen LogP contribution in [-0.4, -0.2) is 52.0 Å². The lowest BCUT2D eigenvalue weighted by Gasteiger charge is -2.16. The van der Waals surface area contributed by atoms with Crippen LogP contribution in [-0.2, 0) is 31.5 Å². The summed E-state index contributed by atoms with van der Waals surface area (Å²) >= 11 is 0. The molecule has 0 aliphatic heterocycles. The van der Waals surface area contributed by atoms with Crippen LogP contribution in [0.1, 0.15) is 31.9 Å². The first-order chi connectivity index (χ1) is 12.3. The van der Waals surface area contributed by atoms with Crippen LogP contribution in [0.4, 0.5) is 5.69 Å². The van der Waals surface area contributed by atoms with E-state index >= 15 is 0 Å². The van der Waals surface area contributed by atoms with Gasteiger partial charge in [0.2, 0.25) is 0 Å². The predicted molar refractivity (Wildman–Crippen MR) is 105 cm³/mol. The van der Waals surface area contributed by atoms with E-state index in [1.807, 2.05) is 32.0 Å². The SMILES string of the molecule is CCS(=O)CCOC(=O)CN.CCc1cccc(C)c1N[C@@H](C)C(=O)O. The molecule has 0 amide bonds. The number of carboxylic acids is 1. The molecule has 0 aliphatic rings. The summed E-state index contributed by atoms with van der Waals surface area (Å²) in [6.45, 7) is 7.60. The number of nitrogens with one attached hydrogen (secondary N) is 1. The molecule has 8 heteroatoms. The third-order valence-corrected chi connectivity index (χ3v) is 4.80. The van der Waals surface area contributed by atoms with E-state index in [0.29, 0.717) is 11.5 Å². The Morgan fingerprint density at radius 2 is 2.00 bits per heavy atom. The lowest BCUT2D eigenvalue weighted by molar-refractivity contribution is -0.141. The minimum Gasteiger partial charge on any atom is -0.480 e. The molecule has 0 saturated heterocycles. The molecule has 1 unspecified atom stereocenters. The van der Waals surface area contributed by atoms with Gasteiger partial charge >= 0.3 is 11.9 Å². The first-order valence-corrected chi connectivity index (χ1v) is 10.0. The third kappa shape index (κ3) is 9.53. The second-order valence-electron chi connectivity index (χ2n) is 5.52. The molecule has 0 spiro atoms. The van der Waals surface area contributed by atoms with Crippen LogP contribution < -0.4 is 11.1 Å². The van der Waals surface area contributed by atoms with Crippen molar-refractivity contribution in [1.29, 1.82) is 0 Å². The van der Waals surface area contributed by atoms with Crippen molar-refractivity contribution in [3.63, 3.8) is 0 Å². The lowest BCUT2D eigenvalue weighted by Crippen LogP contribution is -2.26. The van der Waals surface area contributed by atoms with Crippen molar-refractivity contribution >= 4 is 28.4 Å². The summed E-state index contributed by atoms with van der Waals surface area (Å²) < 4.78 is 15.4. The number of carbonyl (C=O) groups excluding carboxylic acids is 1. The van der Waals surface area contributed by atoms with E-state index in [4.69, 9.17) is 10.8 Å². The van der Waals surface area contributed by atoms with Gasteiger partial charge in [-0.2, -0.15) is 0 Å². The fourth-order valence-electron chi connectivity index (χ4n) is 1.96. The summed E-state index contributed by atoms with van der Waals surface area (Å²) in [4.78, 5) is 21.2. The van der Waals surface area contributed by atoms with Crippen molar-refractivity contribution in [3.05, 3.63) is 29.3 Å². The maximum atomic E-state index is 10.8. The van der Waals surface area contributed by atoms with Gasteiger partial charge in [0.1, 0.15) is 12.6 Å². The first-order valence-electron chi connectivity index (χ1n) is 8.55. The van der Waals surface area contributed by atoms with Gasteiger partial charge in [0.15, 0.2) is 0 Å². The van der Waals surface area contributed by atoms with Gasteiger partial charge in [-0.15, -0.1) is 0 Å². The highest BCUT2D eigenvalue weighted by atomic mass is 32.2. The number of hydrogen-bond donors (Lipinski definition) is 3. The van der Waals surface area contributed by atoms with E-state index in [-0.39, 0.29) is 13.2 Å². The van der Waals surface area contributed by atoms with E-state index in [9.17, 15) is 13.8 Å². The number of aliphatic carboxylic acids is 1. The molecule has 0 heterocycles. The Balaban J connectivity index is 0.000000508. The zero-order chi connectivity index (χ0) is 20.1. The Kier molecular flexibility index (Phi) is 12.3. The molecule has 1 aromatic rings. The minimum atomic E-state index is -0.863. The summed E-state index contributed by atoms with van der Waals surface area (Å²) in [5, 5.41) is 11.9. The number of rotatable bonds is 9. The van der Waals surface area contributed by atoms with Crippen LogP contribution >= 0.6 is 0 Å². The molecule has 0 radical (unpaired) electrons. The van der Waals surface area contributed by atoms with Gasteiger partial charge in [-0.05, 0) is 31.4 Å². The molecule has 2 atom stereocenters. The number of esters is 1. The maximum absolute atomic E-state index is 10.8. The Hall–Kier alpha value is -1.93.